The van der Waals surface area contributed by atoms with Crippen molar-refractivity contribution in [3.05, 3.63) is 45.9 Å². The molecule has 2 nitrogen and oxygen atoms in total. The van der Waals surface area contributed by atoms with Gasteiger partial charge in [-0.3, -0.25) is 0 Å². The monoisotopic (exact) mass is 332 g/mol. The summed E-state index contributed by atoms with van der Waals surface area (Å²) >= 11 is 2.32. The Morgan fingerprint density at radius 3 is 2.43 bits per heavy atom. The quantitative estimate of drug-likeness (QED) is 0.811. The van der Waals surface area contributed by atoms with E-state index in [9.17, 15) is 13.2 Å². The van der Waals surface area contributed by atoms with Crippen LogP contribution in [0.4, 0.5) is 13.2 Å². The smallest absolute Gasteiger partial charge is 0.306 e. The lowest BCUT2D eigenvalue weighted by molar-refractivity contribution is -0.137. The summed E-state index contributed by atoms with van der Waals surface area (Å²) in [4.78, 5) is 5.19. The molecule has 21 heavy (non-hydrogen) atoms. The molecule has 7 heteroatoms. The summed E-state index contributed by atoms with van der Waals surface area (Å²) in [7, 11) is 0. The highest BCUT2D eigenvalue weighted by atomic mass is 32.2. The molecule has 0 saturated carbocycles. The van der Waals surface area contributed by atoms with Gasteiger partial charge in [0.25, 0.3) is 0 Å². The maximum absolute atomic E-state index is 12.7. The fourth-order valence-electron chi connectivity index (χ4n) is 1.93. The number of hydrogen-bond donors (Lipinski definition) is 1. The van der Waals surface area contributed by atoms with Gasteiger partial charge in [-0.15, -0.1) is 23.1 Å². The Bertz CT molecular complexity index is 579. The highest BCUT2D eigenvalue weighted by molar-refractivity contribution is 7.98. The second-order valence-corrected chi connectivity index (χ2v) is 6.27. The molecule has 2 aromatic rings. The molecular weight excluding hydrogens is 317 g/mol. The van der Waals surface area contributed by atoms with Gasteiger partial charge in [0.1, 0.15) is 0 Å². The van der Waals surface area contributed by atoms with Crippen LogP contribution in [0.2, 0.25) is 0 Å². The fraction of sp³-hybridized carbons (Fsp3) is 0.357. The van der Waals surface area contributed by atoms with E-state index in [4.69, 9.17) is 0 Å². The average Bonchev–Trinajstić information content (AvgIpc) is 2.94. The topological polar surface area (TPSA) is 24.9 Å². The highest BCUT2D eigenvalue weighted by Gasteiger charge is 2.35. The van der Waals surface area contributed by atoms with Crippen molar-refractivity contribution in [2.75, 3.05) is 12.8 Å². The maximum atomic E-state index is 12.7. The van der Waals surface area contributed by atoms with Crippen molar-refractivity contribution < 1.29 is 13.2 Å². The molecule has 0 aliphatic carbocycles. The first-order valence-corrected chi connectivity index (χ1v) is 8.40. The first kappa shape index (κ1) is 16.3. The molecule has 114 valence electrons. The molecule has 0 spiro atoms. The first-order valence-electron chi connectivity index (χ1n) is 6.36. The van der Waals surface area contributed by atoms with E-state index in [2.05, 4.69) is 10.3 Å². The number of aromatic nitrogens is 1. The first-order chi connectivity index (χ1) is 9.95. The summed E-state index contributed by atoms with van der Waals surface area (Å²) in [6.45, 7) is 2.59. The Balaban J connectivity index is 2.31. The minimum atomic E-state index is -4.39. The summed E-state index contributed by atoms with van der Waals surface area (Å²) in [5.74, 6) is 0. The standard InChI is InChI=1S/C14H15F3N2S2/c1-3-18-12(9-4-6-10(20-2)7-5-9)11-8-19-13(21-11)14(15,16)17/h4-8,12,18H,3H2,1-2H3. The van der Waals surface area contributed by atoms with Crippen LogP contribution in [0.3, 0.4) is 0 Å². The van der Waals surface area contributed by atoms with E-state index in [1.165, 1.54) is 6.20 Å². The average molecular weight is 332 g/mol. The third-order valence-electron chi connectivity index (χ3n) is 2.91. The van der Waals surface area contributed by atoms with Crippen molar-refractivity contribution in [2.45, 2.75) is 24.0 Å². The van der Waals surface area contributed by atoms with Gasteiger partial charge >= 0.3 is 6.18 Å². The van der Waals surface area contributed by atoms with Crippen molar-refractivity contribution in [1.29, 1.82) is 0 Å². The SMILES string of the molecule is CCNC(c1ccc(SC)cc1)c1cnc(C(F)(F)F)s1. The number of thiazole rings is 1. The lowest BCUT2D eigenvalue weighted by Gasteiger charge is -2.16. The van der Waals surface area contributed by atoms with E-state index in [0.717, 1.165) is 10.5 Å². The molecule has 2 rings (SSSR count). The Hall–Kier alpha value is -1.05. The summed E-state index contributed by atoms with van der Waals surface area (Å²) in [6.07, 6.45) is -1.10. The Labute approximate surface area is 129 Å². The van der Waals surface area contributed by atoms with Crippen LogP contribution in [-0.2, 0) is 6.18 Å². The zero-order valence-electron chi connectivity index (χ0n) is 11.6. The van der Waals surface area contributed by atoms with Crippen molar-refractivity contribution >= 4 is 23.1 Å². The minimum Gasteiger partial charge on any atom is -0.306 e. The van der Waals surface area contributed by atoms with Gasteiger partial charge in [0.15, 0.2) is 5.01 Å². The number of nitrogens with zero attached hydrogens (tertiary/aromatic N) is 1. The van der Waals surface area contributed by atoms with Crippen LogP contribution in [0.15, 0.2) is 35.4 Å². The summed E-state index contributed by atoms with van der Waals surface area (Å²) in [6, 6.07) is 7.55. The van der Waals surface area contributed by atoms with Crippen LogP contribution >= 0.6 is 23.1 Å². The van der Waals surface area contributed by atoms with E-state index < -0.39 is 11.2 Å². The number of halogens is 3. The van der Waals surface area contributed by atoms with Crippen LogP contribution in [0, 0.1) is 0 Å². The lowest BCUT2D eigenvalue weighted by Crippen LogP contribution is -2.21. The van der Waals surface area contributed by atoms with Crippen LogP contribution in [0.5, 0.6) is 0 Å². The molecular formula is C14H15F3N2S2. The van der Waals surface area contributed by atoms with Gasteiger partial charge in [0.05, 0.1) is 6.04 Å². The van der Waals surface area contributed by atoms with Crippen molar-refractivity contribution in [1.82, 2.24) is 10.3 Å². The number of thioether (sulfide) groups is 1. The summed E-state index contributed by atoms with van der Waals surface area (Å²) in [5, 5.41) is 2.41. The van der Waals surface area contributed by atoms with Crippen LogP contribution in [0.25, 0.3) is 0 Å². The minimum absolute atomic E-state index is 0.264. The lowest BCUT2D eigenvalue weighted by atomic mass is 10.1. The molecule has 1 aromatic carbocycles. The van der Waals surface area contributed by atoms with Gasteiger partial charge in [-0.2, -0.15) is 13.2 Å². The maximum Gasteiger partial charge on any atom is 0.443 e. The van der Waals surface area contributed by atoms with Gasteiger partial charge in [0.2, 0.25) is 0 Å². The molecule has 0 aliphatic heterocycles. The van der Waals surface area contributed by atoms with Gasteiger partial charge in [-0.05, 0) is 30.5 Å². The number of benzene rings is 1. The number of nitrogens with one attached hydrogen (secondary N) is 1. The van der Waals surface area contributed by atoms with E-state index in [-0.39, 0.29) is 6.04 Å². The van der Waals surface area contributed by atoms with Crippen molar-refractivity contribution in [2.24, 2.45) is 0 Å². The van der Waals surface area contributed by atoms with Gasteiger partial charge < -0.3 is 5.32 Å². The van der Waals surface area contributed by atoms with Crippen LogP contribution in [0.1, 0.15) is 28.4 Å². The molecule has 1 heterocycles. The second-order valence-electron chi connectivity index (χ2n) is 4.33. The fourth-order valence-corrected chi connectivity index (χ4v) is 3.23. The summed E-state index contributed by atoms with van der Waals surface area (Å²) in [5.41, 5.74) is 0.937. The molecule has 0 amide bonds. The van der Waals surface area contributed by atoms with E-state index in [0.29, 0.717) is 22.8 Å². The Morgan fingerprint density at radius 2 is 1.95 bits per heavy atom. The largest absolute Gasteiger partial charge is 0.443 e. The predicted octanol–water partition coefficient (Wildman–Crippen LogP) is 4.58. The van der Waals surface area contributed by atoms with E-state index in [1.54, 1.807) is 11.8 Å². The molecule has 0 fully saturated rings. The Morgan fingerprint density at radius 1 is 1.29 bits per heavy atom. The second kappa shape index (κ2) is 6.81. The number of rotatable bonds is 5. The zero-order valence-corrected chi connectivity index (χ0v) is 13.2. The zero-order chi connectivity index (χ0) is 15.5. The van der Waals surface area contributed by atoms with Gasteiger partial charge in [-0.25, -0.2) is 4.98 Å². The van der Waals surface area contributed by atoms with E-state index >= 15 is 0 Å². The normalized spacial score (nSPS) is 13.4. The highest BCUT2D eigenvalue weighted by Crippen LogP contribution is 2.36. The van der Waals surface area contributed by atoms with Gasteiger partial charge in [-0.1, -0.05) is 19.1 Å². The van der Waals surface area contributed by atoms with Gasteiger partial charge in [0, 0.05) is 16.0 Å². The number of hydrogen-bond acceptors (Lipinski definition) is 4. The van der Waals surface area contributed by atoms with Crippen molar-refractivity contribution in [3.63, 3.8) is 0 Å². The third kappa shape index (κ3) is 3.99. The Kier molecular flexibility index (Phi) is 5.29. The molecule has 1 aromatic heterocycles. The predicted molar refractivity (Wildman–Crippen MR) is 80.9 cm³/mol. The van der Waals surface area contributed by atoms with Crippen LogP contribution < -0.4 is 5.32 Å². The number of alkyl halides is 3. The van der Waals surface area contributed by atoms with E-state index in [1.807, 2.05) is 37.4 Å². The molecule has 0 bridgehead atoms. The molecule has 1 N–H and O–H groups in total. The molecule has 0 radical (unpaired) electrons. The van der Waals surface area contributed by atoms with Crippen LogP contribution in [-0.4, -0.2) is 17.8 Å². The third-order valence-corrected chi connectivity index (χ3v) is 4.76. The molecule has 0 saturated heterocycles. The molecule has 1 atom stereocenters. The summed E-state index contributed by atoms with van der Waals surface area (Å²) < 4.78 is 38.0. The molecule has 1 unspecified atom stereocenters. The van der Waals surface area contributed by atoms with Crippen molar-refractivity contribution in [3.8, 4) is 0 Å². The molecule has 0 aliphatic rings.